The van der Waals surface area contributed by atoms with Crippen molar-refractivity contribution in [2.24, 2.45) is 5.92 Å². The molecule has 0 radical (unpaired) electrons. The summed E-state index contributed by atoms with van der Waals surface area (Å²) < 4.78 is 5.20. The minimum Gasteiger partial charge on any atom is -0.461 e. The molecule has 6 heteroatoms. The number of nitriles is 2. The summed E-state index contributed by atoms with van der Waals surface area (Å²) >= 11 is 6.32. The van der Waals surface area contributed by atoms with Crippen LogP contribution >= 0.6 is 11.6 Å². The zero-order valence-corrected chi connectivity index (χ0v) is 14.3. The first-order chi connectivity index (χ1) is 11.5. The van der Waals surface area contributed by atoms with Gasteiger partial charge >= 0.3 is 5.97 Å². The van der Waals surface area contributed by atoms with Gasteiger partial charge in [0.2, 0.25) is 0 Å². The lowest BCUT2D eigenvalue weighted by molar-refractivity contribution is -0.139. The second-order valence-corrected chi connectivity index (χ2v) is 6.08. The van der Waals surface area contributed by atoms with Gasteiger partial charge in [0.05, 0.1) is 30.1 Å². The number of nitrogens with zero attached hydrogens (tertiary/aromatic N) is 2. The summed E-state index contributed by atoms with van der Waals surface area (Å²) in [5.74, 6) is -1.46. The molecule has 124 valence electrons. The SMILES string of the molecule is CC1=C(C(=O)OCCC#N)C(c2ccccc2Cl)C(C#N)C(C)N1. The van der Waals surface area contributed by atoms with E-state index in [2.05, 4.69) is 11.4 Å². The zero-order valence-electron chi connectivity index (χ0n) is 13.5. The van der Waals surface area contributed by atoms with Crippen LogP contribution in [0.4, 0.5) is 0 Å². The van der Waals surface area contributed by atoms with Gasteiger partial charge in [-0.15, -0.1) is 0 Å². The molecule has 0 aliphatic carbocycles. The van der Waals surface area contributed by atoms with Gasteiger partial charge < -0.3 is 10.1 Å². The van der Waals surface area contributed by atoms with Crippen LogP contribution in [0.3, 0.4) is 0 Å². The molecule has 0 amide bonds. The fourth-order valence-corrected chi connectivity index (χ4v) is 3.27. The quantitative estimate of drug-likeness (QED) is 0.669. The summed E-state index contributed by atoms with van der Waals surface area (Å²) in [6, 6.07) is 11.3. The molecule has 1 aliphatic rings. The highest BCUT2D eigenvalue weighted by atomic mass is 35.5. The molecule has 0 aromatic heterocycles. The van der Waals surface area contributed by atoms with Gasteiger partial charge in [0.1, 0.15) is 6.61 Å². The summed E-state index contributed by atoms with van der Waals surface area (Å²) in [5, 5.41) is 21.9. The highest BCUT2D eigenvalue weighted by Gasteiger charge is 2.40. The maximum Gasteiger partial charge on any atom is 0.336 e. The fourth-order valence-electron chi connectivity index (χ4n) is 3.02. The third-order valence-corrected chi connectivity index (χ3v) is 4.46. The molecule has 24 heavy (non-hydrogen) atoms. The molecule has 0 fully saturated rings. The number of nitrogens with one attached hydrogen (secondary N) is 1. The second kappa shape index (κ2) is 7.86. The van der Waals surface area contributed by atoms with E-state index in [0.29, 0.717) is 16.3 Å². The third kappa shape index (κ3) is 3.53. The van der Waals surface area contributed by atoms with Crippen molar-refractivity contribution in [3.63, 3.8) is 0 Å². The van der Waals surface area contributed by atoms with E-state index in [0.717, 1.165) is 5.56 Å². The smallest absolute Gasteiger partial charge is 0.336 e. The van der Waals surface area contributed by atoms with Crippen molar-refractivity contribution < 1.29 is 9.53 Å². The number of hydrogen-bond donors (Lipinski definition) is 1. The Morgan fingerprint density at radius 1 is 1.38 bits per heavy atom. The molecule has 1 N–H and O–H groups in total. The van der Waals surface area contributed by atoms with Gasteiger partial charge in [0, 0.05) is 22.7 Å². The summed E-state index contributed by atoms with van der Waals surface area (Å²) in [6.07, 6.45) is 0.125. The highest BCUT2D eigenvalue weighted by Crippen LogP contribution is 2.41. The Balaban J connectivity index is 2.49. The topological polar surface area (TPSA) is 85.9 Å². The van der Waals surface area contributed by atoms with Gasteiger partial charge in [-0.05, 0) is 25.5 Å². The maximum atomic E-state index is 12.6. The number of benzene rings is 1. The lowest BCUT2D eigenvalue weighted by atomic mass is 9.74. The molecule has 0 spiro atoms. The first-order valence-electron chi connectivity index (χ1n) is 7.66. The first kappa shape index (κ1) is 17.8. The van der Waals surface area contributed by atoms with E-state index in [9.17, 15) is 10.1 Å². The zero-order chi connectivity index (χ0) is 17.7. The van der Waals surface area contributed by atoms with Crippen molar-refractivity contribution in [2.45, 2.75) is 32.2 Å². The average molecular weight is 344 g/mol. The van der Waals surface area contributed by atoms with Crippen molar-refractivity contribution >= 4 is 17.6 Å². The molecule has 2 rings (SSSR count). The Morgan fingerprint density at radius 2 is 2.08 bits per heavy atom. The van der Waals surface area contributed by atoms with Crippen LogP contribution in [-0.4, -0.2) is 18.6 Å². The van der Waals surface area contributed by atoms with Crippen molar-refractivity contribution in [1.82, 2.24) is 5.32 Å². The van der Waals surface area contributed by atoms with E-state index >= 15 is 0 Å². The van der Waals surface area contributed by atoms with Crippen LogP contribution in [-0.2, 0) is 9.53 Å². The van der Waals surface area contributed by atoms with E-state index in [1.54, 1.807) is 19.1 Å². The number of hydrogen-bond acceptors (Lipinski definition) is 5. The molecule has 1 aromatic carbocycles. The number of halogens is 1. The summed E-state index contributed by atoms with van der Waals surface area (Å²) in [6.45, 7) is 3.71. The molecular formula is C18H18ClN3O2. The molecule has 0 saturated heterocycles. The van der Waals surface area contributed by atoms with Crippen molar-refractivity contribution in [2.75, 3.05) is 6.61 Å². The number of carbonyl (C=O) groups excluding carboxylic acids is 1. The van der Waals surface area contributed by atoms with Gasteiger partial charge in [-0.2, -0.15) is 10.5 Å². The van der Waals surface area contributed by atoms with E-state index in [4.69, 9.17) is 21.6 Å². The Morgan fingerprint density at radius 3 is 2.71 bits per heavy atom. The average Bonchev–Trinajstić information content (AvgIpc) is 2.55. The minimum atomic E-state index is -0.521. The van der Waals surface area contributed by atoms with Crippen LogP contribution in [0, 0.1) is 28.6 Å². The molecule has 1 aromatic rings. The van der Waals surface area contributed by atoms with Crippen LogP contribution in [0.1, 0.15) is 31.7 Å². The first-order valence-corrected chi connectivity index (χ1v) is 8.04. The Bertz CT molecular complexity index is 745. The van der Waals surface area contributed by atoms with Gasteiger partial charge in [-0.25, -0.2) is 4.79 Å². The summed E-state index contributed by atoms with van der Waals surface area (Å²) in [5.41, 5.74) is 1.79. The number of rotatable bonds is 4. The monoisotopic (exact) mass is 343 g/mol. The summed E-state index contributed by atoms with van der Waals surface area (Å²) in [4.78, 5) is 12.6. The number of ether oxygens (including phenoxy) is 1. The molecule has 0 saturated carbocycles. The molecular weight excluding hydrogens is 326 g/mol. The molecule has 0 bridgehead atoms. The third-order valence-electron chi connectivity index (χ3n) is 4.11. The molecule has 5 nitrogen and oxygen atoms in total. The minimum absolute atomic E-state index is 0.0220. The number of esters is 1. The van der Waals surface area contributed by atoms with Crippen LogP contribution in [0.15, 0.2) is 35.5 Å². The molecule has 1 heterocycles. The van der Waals surface area contributed by atoms with E-state index in [1.165, 1.54) is 0 Å². The second-order valence-electron chi connectivity index (χ2n) is 5.67. The predicted octanol–water partition coefficient (Wildman–Crippen LogP) is 3.29. The van der Waals surface area contributed by atoms with Crippen LogP contribution in [0.2, 0.25) is 5.02 Å². The van der Waals surface area contributed by atoms with Crippen molar-refractivity contribution in [1.29, 1.82) is 10.5 Å². The lowest BCUT2D eigenvalue weighted by Crippen LogP contribution is -2.43. The summed E-state index contributed by atoms with van der Waals surface area (Å²) in [7, 11) is 0. The Labute approximate surface area is 146 Å². The van der Waals surface area contributed by atoms with E-state index in [-0.39, 0.29) is 19.1 Å². The normalized spacial score (nSPS) is 23.0. The van der Waals surface area contributed by atoms with Gasteiger partial charge in [-0.1, -0.05) is 29.8 Å². The Hall–Kier alpha value is -2.50. The van der Waals surface area contributed by atoms with Gasteiger partial charge in [0.15, 0.2) is 0 Å². The van der Waals surface area contributed by atoms with Crippen LogP contribution in [0.5, 0.6) is 0 Å². The van der Waals surface area contributed by atoms with Gasteiger partial charge in [-0.3, -0.25) is 0 Å². The highest BCUT2D eigenvalue weighted by molar-refractivity contribution is 6.31. The standard InChI is InChI=1S/C18H18ClN3O2/c1-11-14(10-21)17(13-6-3-4-7-15(13)19)16(12(2)22-11)18(23)24-9-5-8-20/h3-4,6-7,11,14,17,22H,5,9H2,1-2H3. The predicted molar refractivity (Wildman–Crippen MR) is 89.8 cm³/mol. The fraction of sp³-hybridized carbons (Fsp3) is 0.389. The maximum absolute atomic E-state index is 12.6. The molecule has 3 atom stereocenters. The van der Waals surface area contributed by atoms with Crippen molar-refractivity contribution in [3.05, 3.63) is 46.1 Å². The van der Waals surface area contributed by atoms with Crippen LogP contribution in [0.25, 0.3) is 0 Å². The largest absolute Gasteiger partial charge is 0.461 e. The van der Waals surface area contributed by atoms with Gasteiger partial charge in [0.25, 0.3) is 0 Å². The lowest BCUT2D eigenvalue weighted by Gasteiger charge is -2.36. The van der Waals surface area contributed by atoms with E-state index in [1.807, 2.05) is 25.1 Å². The Kier molecular flexibility index (Phi) is 5.84. The number of carbonyl (C=O) groups is 1. The van der Waals surface area contributed by atoms with Crippen LogP contribution < -0.4 is 5.32 Å². The number of allylic oxidation sites excluding steroid dienone is 1. The molecule has 1 aliphatic heterocycles. The van der Waals surface area contributed by atoms with E-state index < -0.39 is 17.8 Å². The van der Waals surface area contributed by atoms with Crippen molar-refractivity contribution in [3.8, 4) is 12.1 Å². The molecule has 3 unspecified atom stereocenters.